The second-order valence-electron chi connectivity index (χ2n) is 4.06. The average Bonchev–Trinajstić information content (AvgIpc) is 2.42. The van der Waals surface area contributed by atoms with E-state index in [0.717, 1.165) is 31.0 Å². The smallest absolute Gasteiger partial charge is 0.110 e. The van der Waals surface area contributed by atoms with Crippen molar-refractivity contribution in [2.24, 2.45) is 0 Å². The highest BCUT2D eigenvalue weighted by atomic mass is 32.2. The zero-order valence-electron chi connectivity index (χ0n) is 10.2. The van der Waals surface area contributed by atoms with Gasteiger partial charge in [-0.25, -0.2) is 0 Å². The highest BCUT2D eigenvalue weighted by Crippen LogP contribution is 2.22. The summed E-state index contributed by atoms with van der Waals surface area (Å²) in [6.45, 7) is 0.861. The Morgan fingerprint density at radius 1 is 1.35 bits per heavy atom. The summed E-state index contributed by atoms with van der Waals surface area (Å²) in [6.07, 6.45) is 4.51. The summed E-state index contributed by atoms with van der Waals surface area (Å²) in [5, 5.41) is 3.33. The van der Waals surface area contributed by atoms with Crippen molar-refractivity contribution in [2.75, 3.05) is 19.4 Å². The van der Waals surface area contributed by atoms with Crippen molar-refractivity contribution >= 4 is 11.8 Å². The number of hydrogen-bond acceptors (Lipinski definition) is 3. The molecule has 1 heterocycles. The number of allylic oxidation sites excluding steroid dienone is 1. The van der Waals surface area contributed by atoms with Gasteiger partial charge < -0.3 is 10.1 Å². The topological polar surface area (TPSA) is 21.3 Å². The van der Waals surface area contributed by atoms with Gasteiger partial charge in [-0.15, -0.1) is 11.8 Å². The first kappa shape index (κ1) is 12.5. The van der Waals surface area contributed by atoms with Crippen molar-refractivity contribution in [1.29, 1.82) is 0 Å². The Morgan fingerprint density at radius 3 is 2.82 bits per heavy atom. The molecule has 0 bridgehead atoms. The first-order valence-corrected chi connectivity index (χ1v) is 7.06. The molecule has 0 saturated carbocycles. The van der Waals surface area contributed by atoms with Crippen LogP contribution >= 0.6 is 11.8 Å². The van der Waals surface area contributed by atoms with Crippen LogP contribution in [0.4, 0.5) is 0 Å². The first-order chi connectivity index (χ1) is 8.40. The lowest BCUT2D eigenvalue weighted by atomic mass is 10.2. The summed E-state index contributed by atoms with van der Waals surface area (Å²) >= 11 is 1.86. The first-order valence-electron chi connectivity index (χ1n) is 6.08. The molecule has 0 fully saturated rings. The number of nitrogens with one attached hydrogen (secondary N) is 1. The molecule has 0 spiro atoms. The van der Waals surface area contributed by atoms with Gasteiger partial charge in [-0.05, 0) is 38.1 Å². The van der Waals surface area contributed by atoms with Gasteiger partial charge >= 0.3 is 0 Å². The predicted molar refractivity (Wildman–Crippen MR) is 73.3 cm³/mol. The summed E-state index contributed by atoms with van der Waals surface area (Å²) < 4.78 is 5.70. The molecular formula is C14H19NOS. The third-order valence-electron chi connectivity index (χ3n) is 2.81. The van der Waals surface area contributed by atoms with E-state index in [2.05, 4.69) is 35.7 Å². The highest BCUT2D eigenvalue weighted by Gasteiger charge is 2.16. The van der Waals surface area contributed by atoms with Gasteiger partial charge in [0.1, 0.15) is 5.76 Å². The van der Waals surface area contributed by atoms with E-state index < -0.39 is 0 Å². The molecule has 2 nitrogen and oxygen atoms in total. The molecule has 1 unspecified atom stereocenters. The summed E-state index contributed by atoms with van der Waals surface area (Å²) in [7, 11) is 2.00. The summed E-state index contributed by atoms with van der Waals surface area (Å²) in [6, 6.07) is 10.8. The molecule has 1 aromatic rings. The van der Waals surface area contributed by atoms with E-state index >= 15 is 0 Å². The van der Waals surface area contributed by atoms with Crippen LogP contribution in [0.2, 0.25) is 0 Å². The van der Waals surface area contributed by atoms with Gasteiger partial charge in [0.05, 0.1) is 12.6 Å². The molecule has 92 valence electrons. The minimum atomic E-state index is 0.320. The minimum absolute atomic E-state index is 0.320. The van der Waals surface area contributed by atoms with Crippen molar-refractivity contribution < 1.29 is 4.74 Å². The molecule has 3 heteroatoms. The van der Waals surface area contributed by atoms with Gasteiger partial charge in [-0.1, -0.05) is 18.2 Å². The van der Waals surface area contributed by atoms with Crippen molar-refractivity contribution in [2.45, 2.75) is 23.8 Å². The number of likely N-dealkylation sites (N-methyl/N-ethyl adjacent to an activating group) is 1. The molecule has 1 atom stereocenters. The van der Waals surface area contributed by atoms with E-state index in [1.165, 1.54) is 4.90 Å². The van der Waals surface area contributed by atoms with Crippen LogP contribution in [0.25, 0.3) is 0 Å². The van der Waals surface area contributed by atoms with Gasteiger partial charge in [-0.3, -0.25) is 0 Å². The zero-order chi connectivity index (χ0) is 11.9. The second-order valence-corrected chi connectivity index (χ2v) is 5.16. The quantitative estimate of drug-likeness (QED) is 0.810. The maximum absolute atomic E-state index is 5.70. The van der Waals surface area contributed by atoms with Crippen LogP contribution in [0.5, 0.6) is 0 Å². The fourth-order valence-corrected chi connectivity index (χ4v) is 2.86. The summed E-state index contributed by atoms with van der Waals surface area (Å²) in [4.78, 5) is 1.31. The number of ether oxygens (including phenoxy) is 1. The number of benzene rings is 1. The van der Waals surface area contributed by atoms with Crippen molar-refractivity contribution in [1.82, 2.24) is 5.32 Å². The van der Waals surface area contributed by atoms with Gasteiger partial charge in [0.2, 0.25) is 0 Å². The van der Waals surface area contributed by atoms with Crippen molar-refractivity contribution in [3.05, 3.63) is 42.2 Å². The number of rotatable bonds is 5. The Kier molecular flexibility index (Phi) is 4.95. The maximum atomic E-state index is 5.70. The molecule has 1 aliphatic heterocycles. The summed E-state index contributed by atoms with van der Waals surface area (Å²) in [5.41, 5.74) is 0. The largest absolute Gasteiger partial charge is 0.497 e. The van der Waals surface area contributed by atoms with Gasteiger partial charge in [0.15, 0.2) is 0 Å². The molecule has 2 rings (SSSR count). The molecule has 0 aliphatic carbocycles. The number of thioether (sulfide) groups is 1. The molecule has 0 saturated heterocycles. The number of hydrogen-bond donors (Lipinski definition) is 1. The molecular weight excluding hydrogens is 230 g/mol. The molecule has 0 radical (unpaired) electrons. The van der Waals surface area contributed by atoms with Crippen LogP contribution in [0.15, 0.2) is 47.1 Å². The van der Waals surface area contributed by atoms with Crippen LogP contribution in [0, 0.1) is 0 Å². The molecule has 17 heavy (non-hydrogen) atoms. The Hall–Kier alpha value is -0.930. The van der Waals surface area contributed by atoms with E-state index in [4.69, 9.17) is 4.74 Å². The third-order valence-corrected chi connectivity index (χ3v) is 3.92. The minimum Gasteiger partial charge on any atom is -0.497 e. The molecule has 1 aliphatic rings. The monoisotopic (exact) mass is 249 g/mol. The summed E-state index contributed by atoms with van der Waals surface area (Å²) in [5.74, 6) is 2.12. The molecule has 1 N–H and O–H groups in total. The van der Waals surface area contributed by atoms with E-state index in [0.29, 0.717) is 6.04 Å². The Balaban J connectivity index is 1.89. The standard InChI is InChI=1S/C14H19NOS/c1-15-13(14-9-5-6-10-16-14)11-17-12-7-3-2-4-8-12/h2-4,7-9,13,15H,5-6,10-11H2,1H3. The Morgan fingerprint density at radius 2 is 2.18 bits per heavy atom. The van der Waals surface area contributed by atoms with Crippen molar-refractivity contribution in [3.8, 4) is 0 Å². The maximum Gasteiger partial charge on any atom is 0.110 e. The van der Waals surface area contributed by atoms with E-state index in [1.807, 2.05) is 24.9 Å². The predicted octanol–water partition coefficient (Wildman–Crippen LogP) is 3.06. The second kappa shape index (κ2) is 6.72. The van der Waals surface area contributed by atoms with Gasteiger partial charge in [0.25, 0.3) is 0 Å². The van der Waals surface area contributed by atoms with Gasteiger partial charge in [0, 0.05) is 10.6 Å². The Labute approximate surface area is 107 Å². The van der Waals surface area contributed by atoms with Gasteiger partial charge in [-0.2, -0.15) is 0 Å². The fourth-order valence-electron chi connectivity index (χ4n) is 1.82. The lowest BCUT2D eigenvalue weighted by molar-refractivity contribution is 0.173. The highest BCUT2D eigenvalue weighted by molar-refractivity contribution is 7.99. The van der Waals surface area contributed by atoms with Crippen molar-refractivity contribution in [3.63, 3.8) is 0 Å². The molecule has 1 aromatic carbocycles. The molecule has 0 amide bonds. The average molecular weight is 249 g/mol. The van der Waals surface area contributed by atoms with E-state index in [9.17, 15) is 0 Å². The van der Waals surface area contributed by atoms with Crippen LogP contribution in [0.3, 0.4) is 0 Å². The SMILES string of the molecule is CNC(CSc1ccccc1)C1=CCCCO1. The zero-order valence-corrected chi connectivity index (χ0v) is 11.0. The van der Waals surface area contributed by atoms with E-state index in [1.54, 1.807) is 0 Å². The van der Waals surface area contributed by atoms with E-state index in [-0.39, 0.29) is 0 Å². The van der Waals surface area contributed by atoms with Crippen LogP contribution < -0.4 is 5.32 Å². The normalized spacial score (nSPS) is 17.1. The molecule has 0 aromatic heterocycles. The fraction of sp³-hybridized carbons (Fsp3) is 0.429. The lowest BCUT2D eigenvalue weighted by Gasteiger charge is -2.23. The van der Waals surface area contributed by atoms with Crippen LogP contribution in [0.1, 0.15) is 12.8 Å². The van der Waals surface area contributed by atoms with Crippen LogP contribution in [-0.4, -0.2) is 25.4 Å². The third kappa shape index (κ3) is 3.79. The van der Waals surface area contributed by atoms with Crippen LogP contribution in [-0.2, 0) is 4.74 Å². The Bertz CT molecular complexity index is 364. The lowest BCUT2D eigenvalue weighted by Crippen LogP contribution is -2.32.